The first-order chi connectivity index (χ1) is 11.1. The molecule has 128 valence electrons. The first-order valence-corrected chi connectivity index (χ1v) is 8.00. The van der Waals surface area contributed by atoms with E-state index in [1.165, 1.54) is 0 Å². The molecule has 6 nitrogen and oxygen atoms in total. The fourth-order valence-electron chi connectivity index (χ4n) is 2.11. The molecule has 0 atom stereocenters. The van der Waals surface area contributed by atoms with Gasteiger partial charge in [-0.2, -0.15) is 0 Å². The van der Waals surface area contributed by atoms with Crippen molar-refractivity contribution >= 4 is 17.5 Å². The number of carbonyl (C=O) groups is 2. The second kappa shape index (κ2) is 10.7. The van der Waals surface area contributed by atoms with E-state index < -0.39 is 0 Å². The highest BCUT2D eigenvalue weighted by Crippen LogP contribution is 2.10. The molecule has 0 aliphatic heterocycles. The summed E-state index contributed by atoms with van der Waals surface area (Å²) in [5, 5.41) is 5.66. The Labute approximate surface area is 138 Å². The van der Waals surface area contributed by atoms with Crippen LogP contribution in [0.2, 0.25) is 0 Å². The molecule has 0 fully saturated rings. The first-order valence-electron chi connectivity index (χ1n) is 8.00. The number of anilines is 1. The summed E-state index contributed by atoms with van der Waals surface area (Å²) >= 11 is 0. The number of amides is 2. The van der Waals surface area contributed by atoms with Crippen LogP contribution in [0.15, 0.2) is 24.3 Å². The molecule has 0 saturated carbocycles. The molecule has 0 spiro atoms. The summed E-state index contributed by atoms with van der Waals surface area (Å²) in [6, 6.07) is 6.95. The predicted octanol–water partition coefficient (Wildman–Crippen LogP) is 1.73. The highest BCUT2D eigenvalue weighted by atomic mass is 16.5. The second-order valence-corrected chi connectivity index (χ2v) is 5.19. The highest BCUT2D eigenvalue weighted by molar-refractivity contribution is 5.97. The van der Waals surface area contributed by atoms with E-state index in [0.29, 0.717) is 30.9 Å². The molecule has 2 amide bonds. The number of ether oxygens (including phenoxy) is 1. The van der Waals surface area contributed by atoms with Crippen molar-refractivity contribution in [1.29, 1.82) is 0 Å². The standard InChI is InChI=1S/C17H27N3O3/c1-4-20(5-2)13-16(21)19-15-9-6-8-14(12-15)17(22)18-10-7-11-23-3/h6,8-9,12H,4-5,7,10-11,13H2,1-3H3,(H,18,22)(H,19,21). The molecule has 1 aromatic carbocycles. The van der Waals surface area contributed by atoms with Gasteiger partial charge in [-0.05, 0) is 37.7 Å². The van der Waals surface area contributed by atoms with Gasteiger partial charge < -0.3 is 15.4 Å². The van der Waals surface area contributed by atoms with Gasteiger partial charge in [-0.15, -0.1) is 0 Å². The van der Waals surface area contributed by atoms with Crippen LogP contribution in [0.5, 0.6) is 0 Å². The summed E-state index contributed by atoms with van der Waals surface area (Å²) in [5.41, 5.74) is 1.16. The number of hydrogen-bond acceptors (Lipinski definition) is 4. The number of nitrogens with zero attached hydrogens (tertiary/aromatic N) is 1. The summed E-state index contributed by atoms with van der Waals surface area (Å²) in [6.07, 6.45) is 0.766. The van der Waals surface area contributed by atoms with E-state index in [2.05, 4.69) is 10.6 Å². The lowest BCUT2D eigenvalue weighted by molar-refractivity contribution is -0.117. The minimum absolute atomic E-state index is 0.0775. The molecule has 0 radical (unpaired) electrons. The van der Waals surface area contributed by atoms with Crippen molar-refractivity contribution in [3.8, 4) is 0 Å². The highest BCUT2D eigenvalue weighted by Gasteiger charge is 2.09. The molecule has 0 unspecified atom stereocenters. The lowest BCUT2D eigenvalue weighted by atomic mass is 10.2. The van der Waals surface area contributed by atoms with E-state index in [-0.39, 0.29) is 11.8 Å². The first kappa shape index (κ1) is 19.1. The van der Waals surface area contributed by atoms with Gasteiger partial charge in [-0.1, -0.05) is 19.9 Å². The topological polar surface area (TPSA) is 70.7 Å². The summed E-state index contributed by atoms with van der Waals surface area (Å²) in [4.78, 5) is 26.1. The molecule has 1 aromatic rings. The quantitative estimate of drug-likeness (QED) is 0.644. The molecular formula is C17H27N3O3. The molecule has 2 N–H and O–H groups in total. The fourth-order valence-corrected chi connectivity index (χ4v) is 2.11. The maximum atomic E-state index is 12.0. The van der Waals surface area contributed by atoms with Gasteiger partial charge in [0.25, 0.3) is 5.91 Å². The van der Waals surface area contributed by atoms with Gasteiger partial charge in [0.05, 0.1) is 6.54 Å². The van der Waals surface area contributed by atoms with E-state index in [1.807, 2.05) is 18.7 Å². The molecule has 1 rings (SSSR count). The van der Waals surface area contributed by atoms with E-state index in [9.17, 15) is 9.59 Å². The van der Waals surface area contributed by atoms with Crippen LogP contribution in [0.3, 0.4) is 0 Å². The van der Waals surface area contributed by atoms with Gasteiger partial charge in [0.1, 0.15) is 0 Å². The molecule has 0 aromatic heterocycles. The molecule has 0 bridgehead atoms. The third kappa shape index (κ3) is 7.25. The lowest BCUT2D eigenvalue weighted by Gasteiger charge is -2.17. The minimum Gasteiger partial charge on any atom is -0.385 e. The zero-order chi connectivity index (χ0) is 17.1. The van der Waals surface area contributed by atoms with Gasteiger partial charge >= 0.3 is 0 Å². The third-order valence-corrected chi connectivity index (χ3v) is 3.48. The maximum Gasteiger partial charge on any atom is 0.251 e. The Morgan fingerprint density at radius 1 is 1.22 bits per heavy atom. The Morgan fingerprint density at radius 2 is 1.96 bits per heavy atom. The van der Waals surface area contributed by atoms with Crippen LogP contribution in [0.1, 0.15) is 30.6 Å². The van der Waals surface area contributed by atoms with Gasteiger partial charge in [0.15, 0.2) is 0 Å². The van der Waals surface area contributed by atoms with Crippen molar-refractivity contribution in [2.75, 3.05) is 45.2 Å². The molecule has 23 heavy (non-hydrogen) atoms. The molecular weight excluding hydrogens is 294 g/mol. The van der Waals surface area contributed by atoms with Crippen molar-refractivity contribution in [2.24, 2.45) is 0 Å². The number of carbonyl (C=O) groups excluding carboxylic acids is 2. The van der Waals surface area contributed by atoms with E-state index >= 15 is 0 Å². The Kier molecular flexibility index (Phi) is 8.94. The van der Waals surface area contributed by atoms with Crippen LogP contribution in [0.4, 0.5) is 5.69 Å². The average molecular weight is 321 g/mol. The van der Waals surface area contributed by atoms with Crippen LogP contribution in [0, 0.1) is 0 Å². The van der Waals surface area contributed by atoms with E-state index in [1.54, 1.807) is 31.4 Å². The Bertz CT molecular complexity index is 502. The molecule has 0 heterocycles. The molecule has 6 heteroatoms. The summed E-state index contributed by atoms with van der Waals surface area (Å²) in [6.45, 7) is 7.21. The Morgan fingerprint density at radius 3 is 2.61 bits per heavy atom. The third-order valence-electron chi connectivity index (χ3n) is 3.48. The summed E-state index contributed by atoms with van der Waals surface area (Å²) in [5.74, 6) is -0.229. The van der Waals surface area contributed by atoms with Crippen LogP contribution >= 0.6 is 0 Å². The second-order valence-electron chi connectivity index (χ2n) is 5.19. The van der Waals surface area contributed by atoms with Crippen molar-refractivity contribution in [3.05, 3.63) is 29.8 Å². The van der Waals surface area contributed by atoms with Crippen LogP contribution in [0.25, 0.3) is 0 Å². The SMILES string of the molecule is CCN(CC)CC(=O)Nc1cccc(C(=O)NCCCOC)c1. The fraction of sp³-hybridized carbons (Fsp3) is 0.529. The van der Waals surface area contributed by atoms with E-state index in [0.717, 1.165) is 19.5 Å². The number of likely N-dealkylation sites (N-methyl/N-ethyl adjacent to an activating group) is 1. The summed E-state index contributed by atoms with van der Waals surface area (Å²) < 4.78 is 4.94. The van der Waals surface area contributed by atoms with Crippen molar-refractivity contribution < 1.29 is 14.3 Å². The zero-order valence-corrected chi connectivity index (χ0v) is 14.2. The van der Waals surface area contributed by atoms with Crippen molar-refractivity contribution in [3.63, 3.8) is 0 Å². The summed E-state index contributed by atoms with van der Waals surface area (Å²) in [7, 11) is 1.63. The number of rotatable bonds is 10. The lowest BCUT2D eigenvalue weighted by Crippen LogP contribution is -2.33. The van der Waals surface area contributed by atoms with E-state index in [4.69, 9.17) is 4.74 Å². The van der Waals surface area contributed by atoms with Gasteiger partial charge in [0, 0.05) is 31.5 Å². The van der Waals surface area contributed by atoms with Crippen LogP contribution in [-0.2, 0) is 9.53 Å². The Balaban J connectivity index is 2.55. The maximum absolute atomic E-state index is 12.0. The minimum atomic E-state index is -0.152. The Hall–Kier alpha value is -1.92. The van der Waals surface area contributed by atoms with Crippen LogP contribution < -0.4 is 10.6 Å². The smallest absolute Gasteiger partial charge is 0.251 e. The zero-order valence-electron chi connectivity index (χ0n) is 14.2. The number of benzene rings is 1. The number of hydrogen-bond donors (Lipinski definition) is 2. The molecule has 0 aliphatic carbocycles. The molecule has 0 saturated heterocycles. The normalized spacial score (nSPS) is 10.6. The molecule has 0 aliphatic rings. The van der Waals surface area contributed by atoms with Crippen molar-refractivity contribution in [2.45, 2.75) is 20.3 Å². The number of nitrogens with one attached hydrogen (secondary N) is 2. The van der Waals surface area contributed by atoms with Gasteiger partial charge in [-0.3, -0.25) is 14.5 Å². The van der Waals surface area contributed by atoms with Gasteiger partial charge in [0.2, 0.25) is 5.91 Å². The van der Waals surface area contributed by atoms with Gasteiger partial charge in [-0.25, -0.2) is 0 Å². The average Bonchev–Trinajstić information content (AvgIpc) is 2.56. The monoisotopic (exact) mass is 321 g/mol. The predicted molar refractivity (Wildman–Crippen MR) is 91.7 cm³/mol. The van der Waals surface area contributed by atoms with Crippen molar-refractivity contribution in [1.82, 2.24) is 10.2 Å². The number of methoxy groups -OCH3 is 1. The largest absolute Gasteiger partial charge is 0.385 e. The van der Waals surface area contributed by atoms with Crippen LogP contribution in [-0.4, -0.2) is 56.6 Å².